The van der Waals surface area contributed by atoms with Gasteiger partial charge in [-0.1, -0.05) is 11.6 Å². The van der Waals surface area contributed by atoms with Crippen molar-refractivity contribution in [1.82, 2.24) is 25.4 Å². The number of carbonyl (C=O) groups is 2. The van der Waals surface area contributed by atoms with Crippen LogP contribution in [0.5, 0.6) is 0 Å². The van der Waals surface area contributed by atoms with E-state index in [4.69, 9.17) is 11.6 Å². The molecule has 3 aromatic rings. The summed E-state index contributed by atoms with van der Waals surface area (Å²) < 4.78 is 1.35. The zero-order valence-corrected chi connectivity index (χ0v) is 14.4. The van der Waals surface area contributed by atoms with Crippen LogP contribution in [0.3, 0.4) is 0 Å². The number of hydrogen-bond donors (Lipinski definition) is 4. The number of carbonyl (C=O) groups excluding carboxylic acids is 2. The maximum absolute atomic E-state index is 12.4. The molecule has 0 saturated carbocycles. The van der Waals surface area contributed by atoms with Gasteiger partial charge in [0.1, 0.15) is 5.69 Å². The molecule has 0 aliphatic carbocycles. The molecule has 1 aliphatic heterocycles. The van der Waals surface area contributed by atoms with Gasteiger partial charge in [-0.15, -0.1) is 0 Å². The molecule has 0 bridgehead atoms. The van der Waals surface area contributed by atoms with Crippen molar-refractivity contribution in [2.24, 2.45) is 0 Å². The smallest absolute Gasteiger partial charge is 0.272 e. The fourth-order valence-electron chi connectivity index (χ4n) is 2.94. The van der Waals surface area contributed by atoms with Crippen molar-refractivity contribution < 1.29 is 14.7 Å². The highest BCUT2D eigenvalue weighted by Crippen LogP contribution is 2.20. The molecule has 2 aromatic heterocycles. The second kappa shape index (κ2) is 6.47. The molecule has 2 amide bonds. The van der Waals surface area contributed by atoms with E-state index in [9.17, 15) is 14.7 Å². The van der Waals surface area contributed by atoms with Gasteiger partial charge in [0.25, 0.3) is 11.8 Å². The van der Waals surface area contributed by atoms with Gasteiger partial charge in [0.05, 0.1) is 19.2 Å². The lowest BCUT2D eigenvalue weighted by atomic mass is 10.2. The lowest BCUT2D eigenvalue weighted by molar-refractivity contribution is 0.0931. The molecule has 1 aromatic carbocycles. The summed E-state index contributed by atoms with van der Waals surface area (Å²) in [5.41, 5.74) is 2.14. The summed E-state index contributed by atoms with van der Waals surface area (Å²) in [7, 11) is 0. The number of hydrogen-bond acceptors (Lipinski definition) is 4. The molecular weight excluding hydrogens is 358 g/mol. The predicted molar refractivity (Wildman–Crippen MR) is 95.0 cm³/mol. The normalized spacial score (nSPS) is 16.8. The second-order valence-corrected chi connectivity index (χ2v) is 6.61. The Bertz CT molecular complexity index is 1010. The summed E-state index contributed by atoms with van der Waals surface area (Å²) >= 11 is 5.97. The van der Waals surface area contributed by atoms with E-state index in [-0.39, 0.29) is 36.9 Å². The van der Waals surface area contributed by atoms with Gasteiger partial charge in [-0.3, -0.25) is 14.3 Å². The number of halogens is 1. The number of rotatable bonds is 3. The molecule has 1 unspecified atom stereocenters. The average molecular weight is 374 g/mol. The van der Waals surface area contributed by atoms with Crippen molar-refractivity contribution in [3.63, 3.8) is 0 Å². The van der Waals surface area contributed by atoms with Gasteiger partial charge < -0.3 is 20.7 Å². The Balaban J connectivity index is 1.49. The summed E-state index contributed by atoms with van der Waals surface area (Å²) in [6.07, 6.45) is -0.741. The molecule has 0 spiro atoms. The second-order valence-electron chi connectivity index (χ2n) is 6.17. The highest BCUT2D eigenvalue weighted by atomic mass is 35.5. The van der Waals surface area contributed by atoms with Crippen LogP contribution in [-0.4, -0.2) is 44.3 Å². The molecule has 3 heterocycles. The zero-order valence-electron chi connectivity index (χ0n) is 13.6. The predicted octanol–water partition coefficient (Wildman–Crippen LogP) is 1.05. The number of fused-ring (bicyclic) bond motifs is 2. The fraction of sp³-hybridized carbons (Fsp3) is 0.235. The Labute approximate surface area is 153 Å². The first kappa shape index (κ1) is 16.6. The van der Waals surface area contributed by atoms with E-state index in [1.165, 1.54) is 10.7 Å². The third-order valence-electron chi connectivity index (χ3n) is 4.21. The molecule has 1 aliphatic rings. The number of aliphatic hydroxyl groups is 1. The first-order valence-corrected chi connectivity index (χ1v) is 8.47. The van der Waals surface area contributed by atoms with Crippen molar-refractivity contribution >= 4 is 34.3 Å². The third-order valence-corrected chi connectivity index (χ3v) is 4.44. The van der Waals surface area contributed by atoms with Crippen LogP contribution in [0.4, 0.5) is 0 Å². The minimum atomic E-state index is -0.741. The lowest BCUT2D eigenvalue weighted by Gasteiger charge is -2.06. The highest BCUT2D eigenvalue weighted by Gasteiger charge is 2.24. The number of aromatic amines is 1. The Hall–Kier alpha value is -2.84. The van der Waals surface area contributed by atoms with E-state index < -0.39 is 12.0 Å². The van der Waals surface area contributed by atoms with Crippen molar-refractivity contribution in [1.29, 1.82) is 0 Å². The van der Waals surface area contributed by atoms with Gasteiger partial charge in [0.15, 0.2) is 5.69 Å². The van der Waals surface area contributed by atoms with Crippen LogP contribution in [0.1, 0.15) is 26.7 Å². The van der Waals surface area contributed by atoms with E-state index in [0.717, 1.165) is 16.6 Å². The Morgan fingerprint density at radius 3 is 3.08 bits per heavy atom. The number of benzene rings is 1. The Morgan fingerprint density at radius 2 is 2.23 bits per heavy atom. The van der Waals surface area contributed by atoms with E-state index in [0.29, 0.717) is 5.02 Å². The summed E-state index contributed by atoms with van der Waals surface area (Å²) in [5.74, 6) is -0.759. The SMILES string of the molecule is O=C(NCc1cc2cc(Cl)ccc2[nH]1)c1cc2n(n1)CC(O)CNC2=O. The fourth-order valence-corrected chi connectivity index (χ4v) is 3.12. The van der Waals surface area contributed by atoms with E-state index >= 15 is 0 Å². The van der Waals surface area contributed by atoms with Crippen molar-refractivity contribution in [3.05, 3.63) is 52.4 Å². The summed E-state index contributed by atoms with van der Waals surface area (Å²) in [6, 6.07) is 8.84. The van der Waals surface area contributed by atoms with Gasteiger partial charge in [-0.05, 0) is 24.3 Å². The van der Waals surface area contributed by atoms with Gasteiger partial charge >= 0.3 is 0 Å². The number of β-amino-alcohol motifs (C(OH)–C–C–N with tert-alkyl or cyclic N) is 1. The van der Waals surface area contributed by atoms with Crippen molar-refractivity contribution in [3.8, 4) is 0 Å². The van der Waals surface area contributed by atoms with Crippen LogP contribution in [-0.2, 0) is 13.1 Å². The molecule has 8 nitrogen and oxygen atoms in total. The summed E-state index contributed by atoms with van der Waals surface area (Å²) in [6.45, 7) is 0.598. The zero-order chi connectivity index (χ0) is 18.3. The van der Waals surface area contributed by atoms with Crippen LogP contribution >= 0.6 is 11.6 Å². The third kappa shape index (κ3) is 3.16. The number of aromatic nitrogens is 3. The van der Waals surface area contributed by atoms with Gasteiger partial charge in [-0.2, -0.15) is 5.10 Å². The molecule has 134 valence electrons. The topological polar surface area (TPSA) is 112 Å². The number of H-pyrrole nitrogens is 1. The Morgan fingerprint density at radius 1 is 1.38 bits per heavy atom. The van der Waals surface area contributed by atoms with Crippen LogP contribution in [0, 0.1) is 0 Å². The van der Waals surface area contributed by atoms with Gasteiger partial charge in [0.2, 0.25) is 0 Å². The molecule has 9 heteroatoms. The Kier molecular flexibility index (Phi) is 4.14. The quantitative estimate of drug-likeness (QED) is 0.549. The number of nitrogens with zero attached hydrogens (tertiary/aromatic N) is 2. The lowest BCUT2D eigenvalue weighted by Crippen LogP contribution is -2.30. The summed E-state index contributed by atoms with van der Waals surface area (Å²) in [5, 5.41) is 20.8. The average Bonchev–Trinajstić information content (AvgIpc) is 3.18. The van der Waals surface area contributed by atoms with Crippen molar-refractivity contribution in [2.45, 2.75) is 19.2 Å². The maximum atomic E-state index is 12.4. The molecule has 0 saturated heterocycles. The molecule has 0 radical (unpaired) electrons. The highest BCUT2D eigenvalue weighted by molar-refractivity contribution is 6.31. The standard InChI is InChI=1S/C17H16ClN5O3/c18-10-1-2-13-9(3-10)4-11(21-13)6-19-16(25)14-5-15-17(26)20-7-12(24)8-23(15)22-14/h1-5,12,21,24H,6-8H2,(H,19,25)(H,20,26). The number of nitrogens with one attached hydrogen (secondary N) is 3. The largest absolute Gasteiger partial charge is 0.389 e. The first-order valence-electron chi connectivity index (χ1n) is 8.09. The van der Waals surface area contributed by atoms with E-state index in [1.807, 2.05) is 18.2 Å². The van der Waals surface area contributed by atoms with Crippen LogP contribution < -0.4 is 10.6 Å². The van der Waals surface area contributed by atoms with Crippen molar-refractivity contribution in [2.75, 3.05) is 6.54 Å². The molecule has 26 heavy (non-hydrogen) atoms. The van der Waals surface area contributed by atoms with Crippen LogP contribution in [0.25, 0.3) is 10.9 Å². The van der Waals surface area contributed by atoms with Gasteiger partial charge in [-0.25, -0.2) is 0 Å². The number of aliphatic hydroxyl groups excluding tert-OH is 1. The minimum absolute atomic E-state index is 0.128. The molecule has 4 rings (SSSR count). The number of amides is 2. The van der Waals surface area contributed by atoms with E-state index in [2.05, 4.69) is 20.7 Å². The van der Waals surface area contributed by atoms with Gasteiger partial charge in [0, 0.05) is 34.2 Å². The van der Waals surface area contributed by atoms with Crippen LogP contribution in [0.2, 0.25) is 5.02 Å². The molecule has 0 fully saturated rings. The van der Waals surface area contributed by atoms with Crippen LogP contribution in [0.15, 0.2) is 30.3 Å². The molecular formula is C17H16ClN5O3. The molecule has 1 atom stereocenters. The molecule has 4 N–H and O–H groups in total. The summed E-state index contributed by atoms with van der Waals surface area (Å²) in [4.78, 5) is 27.5. The first-order chi connectivity index (χ1) is 12.5. The monoisotopic (exact) mass is 373 g/mol. The van der Waals surface area contributed by atoms with E-state index in [1.54, 1.807) is 6.07 Å². The minimum Gasteiger partial charge on any atom is -0.389 e. The maximum Gasteiger partial charge on any atom is 0.272 e.